The Morgan fingerprint density at radius 2 is 1.04 bits per heavy atom. The second kappa shape index (κ2) is 9.87. The van der Waals surface area contributed by atoms with Gasteiger partial charge in [-0.05, 0) is 71.8 Å². The van der Waals surface area contributed by atoms with Crippen molar-refractivity contribution in [3.8, 4) is 22.9 Å². The van der Waals surface area contributed by atoms with Crippen molar-refractivity contribution in [1.82, 2.24) is 19.1 Å². The first-order valence-corrected chi connectivity index (χ1v) is 16.0. The number of hydrogen-bond donors (Lipinski definition) is 0. The van der Waals surface area contributed by atoms with E-state index in [-0.39, 0.29) is 0 Å². The highest BCUT2D eigenvalue weighted by molar-refractivity contribution is 6.12. The molecule has 3 aromatic heterocycles. The van der Waals surface area contributed by atoms with Crippen LogP contribution in [0.4, 0.5) is 0 Å². The molecule has 3 heterocycles. The molecule has 4 nitrogen and oxygen atoms in total. The normalized spacial score (nSPS) is 11.9. The molecule has 4 heteroatoms. The number of aromatic nitrogens is 4. The monoisotopic (exact) mass is 600 g/mol. The van der Waals surface area contributed by atoms with Crippen molar-refractivity contribution in [2.45, 2.75) is 6.92 Å². The van der Waals surface area contributed by atoms with Gasteiger partial charge in [-0.25, -0.2) is 9.97 Å². The van der Waals surface area contributed by atoms with Gasteiger partial charge in [0.05, 0.1) is 33.3 Å². The molecule has 0 aliphatic rings. The number of rotatable bonds is 3. The fourth-order valence-electron chi connectivity index (χ4n) is 7.40. The molecule has 0 atom stereocenters. The highest BCUT2D eigenvalue weighted by Crippen LogP contribution is 2.37. The Kier molecular flexibility index (Phi) is 5.46. The Hall–Kier alpha value is -6.26. The second-order valence-corrected chi connectivity index (χ2v) is 12.4. The molecule has 10 aromatic rings. The lowest BCUT2D eigenvalue weighted by Gasteiger charge is -2.13. The molecule has 0 fully saturated rings. The molecule has 220 valence electrons. The van der Waals surface area contributed by atoms with E-state index in [2.05, 4.69) is 168 Å². The van der Waals surface area contributed by atoms with Crippen LogP contribution in [0.1, 0.15) is 5.56 Å². The maximum absolute atomic E-state index is 5.35. The Bertz CT molecular complexity index is 2820. The van der Waals surface area contributed by atoms with Gasteiger partial charge in [-0.3, -0.25) is 4.57 Å². The van der Waals surface area contributed by atoms with Gasteiger partial charge in [0.1, 0.15) is 0 Å². The minimum absolute atomic E-state index is 0.669. The van der Waals surface area contributed by atoms with E-state index in [9.17, 15) is 0 Å². The number of nitrogens with zero attached hydrogens (tertiary/aromatic N) is 4. The summed E-state index contributed by atoms with van der Waals surface area (Å²) in [5, 5.41) is 8.31. The topological polar surface area (TPSA) is 35.6 Å². The summed E-state index contributed by atoms with van der Waals surface area (Å²) < 4.78 is 4.61. The van der Waals surface area contributed by atoms with E-state index in [1.807, 2.05) is 0 Å². The zero-order valence-corrected chi connectivity index (χ0v) is 25.7. The van der Waals surface area contributed by atoms with E-state index in [4.69, 9.17) is 9.97 Å². The summed E-state index contributed by atoms with van der Waals surface area (Å²) in [5.74, 6) is 0.669. The Labute approximate surface area is 270 Å². The van der Waals surface area contributed by atoms with Crippen LogP contribution in [0.25, 0.3) is 88.2 Å². The number of hydrogen-bond acceptors (Lipinski definition) is 2. The summed E-state index contributed by atoms with van der Waals surface area (Å²) in [6.07, 6.45) is 0. The van der Waals surface area contributed by atoms with Crippen LogP contribution < -0.4 is 0 Å². The second-order valence-electron chi connectivity index (χ2n) is 12.4. The van der Waals surface area contributed by atoms with E-state index in [1.54, 1.807) is 0 Å². The lowest BCUT2D eigenvalue weighted by Crippen LogP contribution is -2.04. The van der Waals surface area contributed by atoms with E-state index in [0.29, 0.717) is 5.95 Å². The summed E-state index contributed by atoms with van der Waals surface area (Å²) in [5.41, 5.74) is 9.81. The molecule has 10 rings (SSSR count). The van der Waals surface area contributed by atoms with Gasteiger partial charge in [0.15, 0.2) is 0 Å². The van der Waals surface area contributed by atoms with Crippen LogP contribution in [-0.2, 0) is 0 Å². The lowest BCUT2D eigenvalue weighted by molar-refractivity contribution is 1.01. The van der Waals surface area contributed by atoms with Crippen molar-refractivity contribution in [3.05, 3.63) is 157 Å². The summed E-state index contributed by atoms with van der Waals surface area (Å²) >= 11 is 0. The first-order chi connectivity index (χ1) is 23.2. The van der Waals surface area contributed by atoms with Gasteiger partial charge >= 0.3 is 0 Å². The molecular weight excluding hydrogens is 573 g/mol. The molecule has 0 aliphatic heterocycles. The standard InChI is InChI=1S/C43H28N4/c1-27-18-22-35-37(24-27)44-43(45-42(35)30-20-19-28-10-2-3-11-29(28)25-30)47-40-17-9-6-14-34(40)36-26-31(21-23-41(36)47)46-38-15-7-4-12-32(38)33-13-5-8-16-39(33)46/h2-26H,1H3. The van der Waals surface area contributed by atoms with Crippen LogP contribution in [-0.4, -0.2) is 19.1 Å². The SMILES string of the molecule is Cc1ccc2c(-c3ccc4ccccc4c3)nc(-n3c4ccccc4c4cc(-n5c6ccccc6c6ccccc65)ccc43)nc2c1. The molecule has 0 aliphatic carbocycles. The van der Waals surface area contributed by atoms with Crippen LogP contribution in [0, 0.1) is 6.92 Å². The van der Waals surface area contributed by atoms with Crippen LogP contribution in [0.5, 0.6) is 0 Å². The van der Waals surface area contributed by atoms with Gasteiger partial charge in [0.25, 0.3) is 0 Å². The van der Waals surface area contributed by atoms with E-state index in [0.717, 1.165) is 38.9 Å². The third-order valence-corrected chi connectivity index (χ3v) is 9.56. The van der Waals surface area contributed by atoms with Crippen molar-refractivity contribution in [2.75, 3.05) is 0 Å². The lowest BCUT2D eigenvalue weighted by atomic mass is 10.0. The summed E-state index contributed by atoms with van der Waals surface area (Å²) in [6.45, 7) is 2.12. The average molecular weight is 601 g/mol. The number of para-hydroxylation sites is 3. The molecule has 0 N–H and O–H groups in total. The van der Waals surface area contributed by atoms with E-state index < -0.39 is 0 Å². The number of fused-ring (bicyclic) bond motifs is 8. The highest BCUT2D eigenvalue weighted by Gasteiger charge is 2.19. The molecular formula is C43H28N4. The van der Waals surface area contributed by atoms with Crippen LogP contribution in [0.3, 0.4) is 0 Å². The minimum atomic E-state index is 0.669. The largest absolute Gasteiger partial charge is 0.309 e. The maximum atomic E-state index is 5.35. The highest BCUT2D eigenvalue weighted by atomic mass is 15.2. The number of benzene rings is 7. The van der Waals surface area contributed by atoms with Crippen molar-refractivity contribution < 1.29 is 0 Å². The molecule has 0 spiro atoms. The third kappa shape index (κ3) is 3.88. The Morgan fingerprint density at radius 1 is 0.426 bits per heavy atom. The van der Waals surface area contributed by atoms with E-state index in [1.165, 1.54) is 48.9 Å². The molecule has 0 saturated carbocycles. The first-order valence-electron chi connectivity index (χ1n) is 16.0. The van der Waals surface area contributed by atoms with Crippen molar-refractivity contribution in [1.29, 1.82) is 0 Å². The van der Waals surface area contributed by atoms with Gasteiger partial charge < -0.3 is 4.57 Å². The molecule has 47 heavy (non-hydrogen) atoms. The molecule has 0 unspecified atom stereocenters. The van der Waals surface area contributed by atoms with E-state index >= 15 is 0 Å². The van der Waals surface area contributed by atoms with Crippen LogP contribution >= 0.6 is 0 Å². The molecule has 0 radical (unpaired) electrons. The van der Waals surface area contributed by atoms with Crippen molar-refractivity contribution in [3.63, 3.8) is 0 Å². The third-order valence-electron chi connectivity index (χ3n) is 9.56. The predicted molar refractivity (Wildman–Crippen MR) is 196 cm³/mol. The fraction of sp³-hybridized carbons (Fsp3) is 0.0233. The predicted octanol–water partition coefficient (Wildman–Crippen LogP) is 11.0. The molecule has 0 amide bonds. The van der Waals surface area contributed by atoms with Gasteiger partial charge in [0, 0.05) is 38.2 Å². The molecule has 0 saturated heterocycles. The Balaban J connectivity index is 1.25. The first kappa shape index (κ1) is 26.0. The van der Waals surface area contributed by atoms with Crippen LogP contribution in [0.15, 0.2) is 152 Å². The quantitative estimate of drug-likeness (QED) is 0.202. The van der Waals surface area contributed by atoms with Crippen molar-refractivity contribution in [2.24, 2.45) is 0 Å². The van der Waals surface area contributed by atoms with Gasteiger partial charge in [-0.1, -0.05) is 103 Å². The van der Waals surface area contributed by atoms with Gasteiger partial charge in [-0.2, -0.15) is 0 Å². The van der Waals surface area contributed by atoms with Crippen LogP contribution in [0.2, 0.25) is 0 Å². The minimum Gasteiger partial charge on any atom is -0.309 e. The molecule has 7 aromatic carbocycles. The zero-order valence-electron chi connectivity index (χ0n) is 25.7. The molecule has 0 bridgehead atoms. The summed E-state index contributed by atoms with van der Waals surface area (Å²) in [7, 11) is 0. The van der Waals surface area contributed by atoms with Gasteiger partial charge in [-0.15, -0.1) is 0 Å². The summed E-state index contributed by atoms with van der Waals surface area (Å²) in [6, 6.07) is 54.2. The smallest absolute Gasteiger partial charge is 0.235 e. The fourth-order valence-corrected chi connectivity index (χ4v) is 7.40. The Morgan fingerprint density at radius 3 is 1.79 bits per heavy atom. The zero-order chi connectivity index (χ0) is 31.1. The average Bonchev–Trinajstić information content (AvgIpc) is 3.63. The number of aryl methyl sites for hydroxylation is 1. The summed E-state index contributed by atoms with van der Waals surface area (Å²) in [4.78, 5) is 10.6. The van der Waals surface area contributed by atoms with Crippen molar-refractivity contribution >= 4 is 65.3 Å². The van der Waals surface area contributed by atoms with Gasteiger partial charge in [0.2, 0.25) is 5.95 Å². The maximum Gasteiger partial charge on any atom is 0.235 e.